The molecular weight excluding hydrogens is 230 g/mol. The molecule has 0 aromatic heterocycles. The van der Waals surface area contributed by atoms with E-state index in [1.54, 1.807) is 6.92 Å². The van der Waals surface area contributed by atoms with Crippen LogP contribution in [0.15, 0.2) is 0 Å². The molecule has 5 heteroatoms. The van der Waals surface area contributed by atoms with Gasteiger partial charge in [0, 0.05) is 19.0 Å². The first kappa shape index (κ1) is 15.0. The Kier molecular flexibility index (Phi) is 6.72. The second-order valence-electron chi connectivity index (χ2n) is 4.93. The number of rotatable bonds is 6. The molecule has 18 heavy (non-hydrogen) atoms. The molecule has 0 saturated carbocycles. The zero-order valence-electron chi connectivity index (χ0n) is 11.4. The average Bonchev–Trinajstić information content (AvgIpc) is 2.36. The predicted molar refractivity (Wildman–Crippen MR) is 71.2 cm³/mol. The first-order chi connectivity index (χ1) is 8.63. The molecule has 104 valence electrons. The summed E-state index contributed by atoms with van der Waals surface area (Å²) in [7, 11) is 0. The molecule has 1 aliphatic rings. The van der Waals surface area contributed by atoms with Crippen molar-refractivity contribution in [3.63, 3.8) is 0 Å². The largest absolute Gasteiger partial charge is 0.354 e. The summed E-state index contributed by atoms with van der Waals surface area (Å²) < 4.78 is 0. The van der Waals surface area contributed by atoms with Crippen molar-refractivity contribution in [2.24, 2.45) is 0 Å². The number of piperidine rings is 1. The zero-order valence-corrected chi connectivity index (χ0v) is 11.4. The van der Waals surface area contributed by atoms with Crippen LogP contribution in [-0.4, -0.2) is 37.0 Å². The van der Waals surface area contributed by atoms with Crippen molar-refractivity contribution < 1.29 is 9.59 Å². The normalized spacial score (nSPS) is 21.1. The highest BCUT2D eigenvalue weighted by molar-refractivity contribution is 5.87. The van der Waals surface area contributed by atoms with Crippen molar-refractivity contribution in [1.82, 2.24) is 16.0 Å². The molecule has 0 radical (unpaired) electrons. The van der Waals surface area contributed by atoms with Gasteiger partial charge in [-0.1, -0.05) is 13.3 Å². The minimum absolute atomic E-state index is 0.0476. The highest BCUT2D eigenvalue weighted by Gasteiger charge is 2.19. The van der Waals surface area contributed by atoms with E-state index in [0.717, 1.165) is 19.4 Å². The monoisotopic (exact) mass is 255 g/mol. The van der Waals surface area contributed by atoms with Crippen molar-refractivity contribution in [3.8, 4) is 0 Å². The summed E-state index contributed by atoms with van der Waals surface area (Å²) in [6.07, 6.45) is 4.78. The molecule has 0 spiro atoms. The molecule has 2 unspecified atom stereocenters. The standard InChI is InChI=1S/C13H25N3O2/c1-3-7-15-13(18)10(2)16-12(17)9-11-6-4-5-8-14-11/h10-11,14H,3-9H2,1-2H3,(H,15,18)(H,16,17). The van der Waals surface area contributed by atoms with Crippen LogP contribution in [0.5, 0.6) is 0 Å². The Labute approximate surface area is 109 Å². The minimum Gasteiger partial charge on any atom is -0.354 e. The summed E-state index contributed by atoms with van der Waals surface area (Å²) >= 11 is 0. The molecule has 0 aromatic rings. The van der Waals surface area contributed by atoms with Gasteiger partial charge in [-0.25, -0.2) is 0 Å². The van der Waals surface area contributed by atoms with Crippen molar-refractivity contribution in [2.45, 2.75) is 58.0 Å². The molecule has 0 aromatic carbocycles. The summed E-state index contributed by atoms with van der Waals surface area (Å²) in [4.78, 5) is 23.4. The Morgan fingerprint density at radius 1 is 1.39 bits per heavy atom. The van der Waals surface area contributed by atoms with Crippen LogP contribution in [0.4, 0.5) is 0 Å². The Balaban J connectivity index is 2.23. The van der Waals surface area contributed by atoms with Gasteiger partial charge in [-0.2, -0.15) is 0 Å². The molecule has 2 amide bonds. The third-order valence-electron chi connectivity index (χ3n) is 3.16. The van der Waals surface area contributed by atoms with Gasteiger partial charge >= 0.3 is 0 Å². The van der Waals surface area contributed by atoms with Crippen molar-refractivity contribution in [1.29, 1.82) is 0 Å². The highest BCUT2D eigenvalue weighted by Crippen LogP contribution is 2.09. The maximum Gasteiger partial charge on any atom is 0.242 e. The minimum atomic E-state index is -0.451. The second-order valence-corrected chi connectivity index (χ2v) is 4.93. The topological polar surface area (TPSA) is 70.2 Å². The molecule has 5 nitrogen and oxygen atoms in total. The lowest BCUT2D eigenvalue weighted by atomic mass is 10.0. The number of hydrogen-bond acceptors (Lipinski definition) is 3. The van der Waals surface area contributed by atoms with E-state index in [-0.39, 0.29) is 17.9 Å². The summed E-state index contributed by atoms with van der Waals surface area (Å²) in [6, 6.07) is -0.183. The lowest BCUT2D eigenvalue weighted by molar-refractivity contribution is -0.128. The Morgan fingerprint density at radius 2 is 2.17 bits per heavy atom. The SMILES string of the molecule is CCCNC(=O)C(C)NC(=O)CC1CCCCN1. The maximum atomic E-state index is 11.8. The zero-order chi connectivity index (χ0) is 13.4. The molecular formula is C13H25N3O2. The van der Waals surface area contributed by atoms with Crippen LogP contribution in [0, 0.1) is 0 Å². The van der Waals surface area contributed by atoms with Gasteiger partial charge in [-0.15, -0.1) is 0 Å². The van der Waals surface area contributed by atoms with Crippen LogP contribution in [0.2, 0.25) is 0 Å². The fourth-order valence-corrected chi connectivity index (χ4v) is 2.09. The molecule has 1 aliphatic heterocycles. The fourth-order valence-electron chi connectivity index (χ4n) is 2.09. The lowest BCUT2D eigenvalue weighted by Crippen LogP contribution is -2.47. The van der Waals surface area contributed by atoms with E-state index in [2.05, 4.69) is 16.0 Å². The fraction of sp³-hybridized carbons (Fsp3) is 0.846. The van der Waals surface area contributed by atoms with Gasteiger partial charge in [-0.05, 0) is 32.7 Å². The van der Waals surface area contributed by atoms with Crippen LogP contribution in [-0.2, 0) is 9.59 Å². The molecule has 0 aliphatic carbocycles. The van der Waals surface area contributed by atoms with Crippen molar-refractivity contribution >= 4 is 11.8 Å². The van der Waals surface area contributed by atoms with Crippen molar-refractivity contribution in [3.05, 3.63) is 0 Å². The van der Waals surface area contributed by atoms with Gasteiger partial charge in [0.1, 0.15) is 6.04 Å². The summed E-state index contributed by atoms with van der Waals surface area (Å²) in [5.41, 5.74) is 0. The Bertz CT molecular complexity index is 275. The van der Waals surface area contributed by atoms with Crippen LogP contribution in [0.3, 0.4) is 0 Å². The Hall–Kier alpha value is -1.10. The molecule has 2 atom stereocenters. The quantitative estimate of drug-likeness (QED) is 0.649. The number of carbonyl (C=O) groups is 2. The summed E-state index contributed by atoms with van der Waals surface area (Å²) in [5, 5.41) is 8.84. The van der Waals surface area contributed by atoms with Gasteiger partial charge in [0.15, 0.2) is 0 Å². The van der Waals surface area contributed by atoms with E-state index in [0.29, 0.717) is 13.0 Å². The van der Waals surface area contributed by atoms with E-state index >= 15 is 0 Å². The molecule has 1 saturated heterocycles. The van der Waals surface area contributed by atoms with Gasteiger partial charge < -0.3 is 16.0 Å². The van der Waals surface area contributed by atoms with E-state index < -0.39 is 6.04 Å². The number of nitrogens with one attached hydrogen (secondary N) is 3. The maximum absolute atomic E-state index is 11.8. The molecule has 3 N–H and O–H groups in total. The highest BCUT2D eigenvalue weighted by atomic mass is 16.2. The molecule has 1 heterocycles. The van der Waals surface area contributed by atoms with Gasteiger partial charge in [-0.3, -0.25) is 9.59 Å². The van der Waals surface area contributed by atoms with Crippen LogP contribution in [0.1, 0.15) is 46.0 Å². The molecule has 1 fully saturated rings. The smallest absolute Gasteiger partial charge is 0.242 e. The third-order valence-corrected chi connectivity index (χ3v) is 3.16. The van der Waals surface area contributed by atoms with Gasteiger partial charge in [0.05, 0.1) is 0 Å². The lowest BCUT2D eigenvalue weighted by Gasteiger charge is -2.23. The first-order valence-electron chi connectivity index (χ1n) is 6.94. The summed E-state index contributed by atoms with van der Waals surface area (Å²) in [6.45, 7) is 5.36. The first-order valence-corrected chi connectivity index (χ1v) is 6.94. The Morgan fingerprint density at radius 3 is 2.78 bits per heavy atom. The van der Waals surface area contributed by atoms with E-state index in [1.807, 2.05) is 6.92 Å². The molecule has 0 bridgehead atoms. The number of hydrogen-bond donors (Lipinski definition) is 3. The van der Waals surface area contributed by atoms with Crippen LogP contribution < -0.4 is 16.0 Å². The van der Waals surface area contributed by atoms with Crippen LogP contribution >= 0.6 is 0 Å². The number of carbonyl (C=O) groups excluding carboxylic acids is 2. The van der Waals surface area contributed by atoms with E-state index in [4.69, 9.17) is 0 Å². The predicted octanol–water partition coefficient (Wildman–Crippen LogP) is 0.550. The molecule has 1 rings (SSSR count). The third kappa shape index (κ3) is 5.49. The average molecular weight is 255 g/mol. The van der Waals surface area contributed by atoms with E-state index in [9.17, 15) is 9.59 Å². The van der Waals surface area contributed by atoms with Crippen molar-refractivity contribution in [2.75, 3.05) is 13.1 Å². The van der Waals surface area contributed by atoms with Crippen LogP contribution in [0.25, 0.3) is 0 Å². The number of amides is 2. The second kappa shape index (κ2) is 8.08. The summed E-state index contributed by atoms with van der Waals surface area (Å²) in [5.74, 6) is -0.157. The van der Waals surface area contributed by atoms with E-state index in [1.165, 1.54) is 12.8 Å². The van der Waals surface area contributed by atoms with Gasteiger partial charge in [0.25, 0.3) is 0 Å². The van der Waals surface area contributed by atoms with Gasteiger partial charge in [0.2, 0.25) is 11.8 Å².